The summed E-state index contributed by atoms with van der Waals surface area (Å²) in [5.41, 5.74) is 1.25. The molecule has 5 nitrogen and oxygen atoms in total. The Hall–Kier alpha value is -2.73. The van der Waals surface area contributed by atoms with E-state index >= 15 is 0 Å². The van der Waals surface area contributed by atoms with Crippen molar-refractivity contribution in [3.8, 4) is 0 Å². The molecule has 2 amide bonds. The molecule has 6 heteroatoms. The van der Waals surface area contributed by atoms with Crippen molar-refractivity contribution >= 4 is 17.5 Å². The van der Waals surface area contributed by atoms with Crippen molar-refractivity contribution in [3.63, 3.8) is 0 Å². The number of rotatable bonds is 5. The van der Waals surface area contributed by atoms with Gasteiger partial charge in [-0.05, 0) is 49.2 Å². The highest BCUT2D eigenvalue weighted by Gasteiger charge is 2.22. The standard InChI is InChI=1S/C20H22FN3O2/c21-16-6-8-17(9-7-16)22-19(25)14-24-12-10-18(11-13-24)23-20(26)15-4-2-1-3-5-15/h1-9,18H,10-14H2,(H,22,25)(H,23,26). The molecule has 2 aromatic rings. The van der Waals surface area contributed by atoms with Crippen LogP contribution in [0.2, 0.25) is 0 Å². The number of halogens is 1. The molecule has 1 aliphatic rings. The molecule has 0 spiro atoms. The smallest absolute Gasteiger partial charge is 0.251 e. The van der Waals surface area contributed by atoms with Gasteiger partial charge in [-0.15, -0.1) is 0 Å². The number of carbonyl (C=O) groups is 2. The Bertz CT molecular complexity index is 741. The fourth-order valence-corrected chi connectivity index (χ4v) is 3.03. The molecule has 3 rings (SSSR count). The van der Waals surface area contributed by atoms with Gasteiger partial charge in [0.2, 0.25) is 5.91 Å². The van der Waals surface area contributed by atoms with Crippen LogP contribution in [-0.2, 0) is 4.79 Å². The maximum Gasteiger partial charge on any atom is 0.251 e. The van der Waals surface area contributed by atoms with Crippen LogP contribution in [0.4, 0.5) is 10.1 Å². The topological polar surface area (TPSA) is 61.4 Å². The SMILES string of the molecule is O=C(CN1CCC(NC(=O)c2ccccc2)CC1)Nc1ccc(F)cc1. The Morgan fingerprint density at radius 1 is 1.00 bits per heavy atom. The van der Waals surface area contributed by atoms with E-state index in [-0.39, 0.29) is 30.2 Å². The van der Waals surface area contributed by atoms with Gasteiger partial charge in [0.25, 0.3) is 5.91 Å². The minimum atomic E-state index is -0.331. The van der Waals surface area contributed by atoms with E-state index in [2.05, 4.69) is 15.5 Å². The molecule has 2 aromatic carbocycles. The summed E-state index contributed by atoms with van der Waals surface area (Å²) in [5, 5.41) is 5.82. The molecule has 1 fully saturated rings. The largest absolute Gasteiger partial charge is 0.349 e. The predicted octanol–water partition coefficient (Wildman–Crippen LogP) is 2.66. The van der Waals surface area contributed by atoms with Crippen LogP contribution in [0, 0.1) is 5.82 Å². The third-order valence-electron chi connectivity index (χ3n) is 4.45. The number of nitrogens with one attached hydrogen (secondary N) is 2. The number of nitrogens with zero attached hydrogens (tertiary/aromatic N) is 1. The lowest BCUT2D eigenvalue weighted by Crippen LogP contribution is -2.46. The summed E-state index contributed by atoms with van der Waals surface area (Å²) < 4.78 is 12.9. The highest BCUT2D eigenvalue weighted by Crippen LogP contribution is 2.12. The summed E-state index contributed by atoms with van der Waals surface area (Å²) in [6.45, 7) is 1.78. The summed E-state index contributed by atoms with van der Waals surface area (Å²) in [5.74, 6) is -0.510. The summed E-state index contributed by atoms with van der Waals surface area (Å²) >= 11 is 0. The molecule has 0 radical (unpaired) electrons. The first-order valence-corrected chi connectivity index (χ1v) is 8.74. The molecule has 2 N–H and O–H groups in total. The van der Waals surface area contributed by atoms with Gasteiger partial charge in [-0.2, -0.15) is 0 Å². The molecule has 1 aliphatic heterocycles. The van der Waals surface area contributed by atoms with Gasteiger partial charge >= 0.3 is 0 Å². The fraction of sp³-hybridized carbons (Fsp3) is 0.300. The summed E-state index contributed by atoms with van der Waals surface area (Å²) in [6, 6.07) is 15.0. The van der Waals surface area contributed by atoms with Crippen molar-refractivity contribution in [2.45, 2.75) is 18.9 Å². The third kappa shape index (κ3) is 5.13. The van der Waals surface area contributed by atoms with Crippen molar-refractivity contribution in [2.24, 2.45) is 0 Å². The van der Waals surface area contributed by atoms with Gasteiger partial charge in [0.15, 0.2) is 0 Å². The van der Waals surface area contributed by atoms with E-state index < -0.39 is 0 Å². The van der Waals surface area contributed by atoms with Crippen molar-refractivity contribution in [2.75, 3.05) is 25.0 Å². The van der Waals surface area contributed by atoms with Gasteiger partial charge in [0.1, 0.15) is 5.82 Å². The van der Waals surface area contributed by atoms with Crippen LogP contribution in [-0.4, -0.2) is 42.4 Å². The maximum atomic E-state index is 12.9. The molecule has 0 aliphatic carbocycles. The molecule has 26 heavy (non-hydrogen) atoms. The first-order chi connectivity index (χ1) is 12.6. The van der Waals surface area contributed by atoms with Gasteiger partial charge in [-0.3, -0.25) is 14.5 Å². The monoisotopic (exact) mass is 355 g/mol. The lowest BCUT2D eigenvalue weighted by Gasteiger charge is -2.31. The van der Waals surface area contributed by atoms with Gasteiger partial charge < -0.3 is 10.6 Å². The fourth-order valence-electron chi connectivity index (χ4n) is 3.03. The minimum Gasteiger partial charge on any atom is -0.349 e. The quantitative estimate of drug-likeness (QED) is 0.867. The Morgan fingerprint density at radius 2 is 1.65 bits per heavy atom. The molecule has 0 bridgehead atoms. The van der Waals surface area contributed by atoms with Crippen molar-refractivity contribution in [1.82, 2.24) is 10.2 Å². The second kappa shape index (κ2) is 8.58. The molecule has 0 aromatic heterocycles. The number of amides is 2. The van der Waals surface area contributed by atoms with Crippen LogP contribution in [0.25, 0.3) is 0 Å². The zero-order chi connectivity index (χ0) is 18.4. The van der Waals surface area contributed by atoms with Crippen LogP contribution in [0.3, 0.4) is 0 Å². The van der Waals surface area contributed by atoms with E-state index in [0.717, 1.165) is 25.9 Å². The molecule has 136 valence electrons. The number of likely N-dealkylation sites (tertiary alicyclic amines) is 1. The number of piperidine rings is 1. The van der Waals surface area contributed by atoms with Crippen LogP contribution in [0.1, 0.15) is 23.2 Å². The van der Waals surface area contributed by atoms with E-state index in [1.807, 2.05) is 18.2 Å². The highest BCUT2D eigenvalue weighted by molar-refractivity contribution is 5.94. The van der Waals surface area contributed by atoms with Crippen LogP contribution >= 0.6 is 0 Å². The number of benzene rings is 2. The van der Waals surface area contributed by atoms with E-state index in [1.165, 1.54) is 12.1 Å². The molecule has 0 unspecified atom stereocenters. The zero-order valence-corrected chi connectivity index (χ0v) is 14.5. The van der Waals surface area contributed by atoms with Crippen molar-refractivity contribution < 1.29 is 14.0 Å². The summed E-state index contributed by atoms with van der Waals surface area (Å²) in [7, 11) is 0. The lowest BCUT2D eigenvalue weighted by atomic mass is 10.0. The van der Waals surface area contributed by atoms with Crippen LogP contribution < -0.4 is 10.6 Å². The number of hydrogen-bond donors (Lipinski definition) is 2. The summed E-state index contributed by atoms with van der Waals surface area (Å²) in [4.78, 5) is 26.3. The average molecular weight is 355 g/mol. The van der Waals surface area contributed by atoms with Gasteiger partial charge in [0, 0.05) is 30.4 Å². The predicted molar refractivity (Wildman–Crippen MR) is 98.4 cm³/mol. The van der Waals surface area contributed by atoms with E-state index in [9.17, 15) is 14.0 Å². The lowest BCUT2D eigenvalue weighted by molar-refractivity contribution is -0.117. The van der Waals surface area contributed by atoms with Gasteiger partial charge in [0.05, 0.1) is 6.54 Å². The third-order valence-corrected chi connectivity index (χ3v) is 4.45. The Labute approximate surface area is 152 Å². The average Bonchev–Trinajstić information content (AvgIpc) is 2.66. The second-order valence-corrected chi connectivity index (χ2v) is 6.44. The minimum absolute atomic E-state index is 0.0573. The second-order valence-electron chi connectivity index (χ2n) is 6.44. The number of anilines is 1. The van der Waals surface area contributed by atoms with E-state index in [0.29, 0.717) is 11.3 Å². The van der Waals surface area contributed by atoms with E-state index in [1.54, 1.807) is 24.3 Å². The number of carbonyl (C=O) groups excluding carboxylic acids is 2. The Kier molecular flexibility index (Phi) is 5.96. The molecule has 0 atom stereocenters. The normalized spacial score (nSPS) is 15.4. The maximum absolute atomic E-state index is 12.9. The van der Waals surface area contributed by atoms with Crippen LogP contribution in [0.5, 0.6) is 0 Å². The Morgan fingerprint density at radius 3 is 2.31 bits per heavy atom. The molecule has 1 saturated heterocycles. The first-order valence-electron chi connectivity index (χ1n) is 8.74. The van der Waals surface area contributed by atoms with Gasteiger partial charge in [-0.25, -0.2) is 4.39 Å². The summed E-state index contributed by atoms with van der Waals surface area (Å²) in [6.07, 6.45) is 1.62. The highest BCUT2D eigenvalue weighted by atomic mass is 19.1. The molecular formula is C20H22FN3O2. The van der Waals surface area contributed by atoms with Crippen LogP contribution in [0.15, 0.2) is 54.6 Å². The van der Waals surface area contributed by atoms with Gasteiger partial charge in [-0.1, -0.05) is 18.2 Å². The zero-order valence-electron chi connectivity index (χ0n) is 14.5. The van der Waals surface area contributed by atoms with E-state index in [4.69, 9.17) is 0 Å². The van der Waals surface area contributed by atoms with Crippen molar-refractivity contribution in [3.05, 3.63) is 66.0 Å². The first kappa shape index (κ1) is 18.1. The molecule has 1 heterocycles. The molecule has 0 saturated carbocycles. The van der Waals surface area contributed by atoms with Crippen molar-refractivity contribution in [1.29, 1.82) is 0 Å². The number of hydrogen-bond acceptors (Lipinski definition) is 3. The molecular weight excluding hydrogens is 333 g/mol. The Balaban J connectivity index is 1.41.